The first-order valence-corrected chi connectivity index (χ1v) is 12.7. The predicted octanol–water partition coefficient (Wildman–Crippen LogP) is 6.37. The first-order valence-electron chi connectivity index (χ1n) is 10.2. The van der Waals surface area contributed by atoms with Crippen molar-refractivity contribution < 1.29 is 14.0 Å². The number of ketones is 1. The molecule has 0 spiro atoms. The molecular formula is C24H32O3Si. The summed E-state index contributed by atoms with van der Waals surface area (Å²) >= 11 is 0. The fourth-order valence-corrected chi connectivity index (χ4v) is 6.01. The summed E-state index contributed by atoms with van der Waals surface area (Å²) in [5.74, 6) is 0.873. The van der Waals surface area contributed by atoms with Crippen molar-refractivity contribution in [3.63, 3.8) is 0 Å². The van der Waals surface area contributed by atoms with E-state index in [1.165, 1.54) is 0 Å². The molecule has 0 saturated carbocycles. The van der Waals surface area contributed by atoms with Gasteiger partial charge in [-0.15, -0.1) is 0 Å². The van der Waals surface area contributed by atoms with Crippen molar-refractivity contribution in [3.05, 3.63) is 71.3 Å². The van der Waals surface area contributed by atoms with Crippen LogP contribution in [0.25, 0.3) is 6.08 Å². The van der Waals surface area contributed by atoms with Crippen LogP contribution in [0, 0.1) is 0 Å². The summed E-state index contributed by atoms with van der Waals surface area (Å²) < 4.78 is 11.6. The fraction of sp³-hybridized carbons (Fsp3) is 0.375. The maximum atomic E-state index is 13.1. The quantitative estimate of drug-likeness (QED) is 0.251. The second kappa shape index (κ2) is 11.0. The number of Topliss-reactive ketones (excluding diaryl/α,β-unsaturated/α-hetero) is 1. The molecule has 150 valence electrons. The highest BCUT2D eigenvalue weighted by Gasteiger charge is 2.28. The molecule has 0 N–H and O–H groups in total. The van der Waals surface area contributed by atoms with Crippen LogP contribution in [0.5, 0.6) is 5.75 Å². The van der Waals surface area contributed by atoms with E-state index in [-0.39, 0.29) is 5.78 Å². The SMILES string of the molecule is CC[Si](CC)(CC)OCC/C(=C\c1ccc(OC)cc1)C(=O)c1ccccc1. The lowest BCUT2D eigenvalue weighted by Gasteiger charge is -2.28. The third-order valence-electron chi connectivity index (χ3n) is 5.50. The van der Waals surface area contributed by atoms with Crippen LogP contribution in [0.1, 0.15) is 43.1 Å². The maximum Gasteiger partial charge on any atom is 0.191 e. The van der Waals surface area contributed by atoms with Crippen molar-refractivity contribution in [2.45, 2.75) is 45.3 Å². The van der Waals surface area contributed by atoms with Crippen molar-refractivity contribution in [2.75, 3.05) is 13.7 Å². The average Bonchev–Trinajstić information content (AvgIpc) is 2.77. The van der Waals surface area contributed by atoms with Crippen LogP contribution >= 0.6 is 0 Å². The standard InChI is InChI=1S/C24H32O3Si/c1-5-28(6-2,7-3)27-18-17-22(24(25)21-11-9-8-10-12-21)19-20-13-15-23(26-4)16-14-20/h8-16,19H,5-7,17-18H2,1-4H3/b22-19+. The second-order valence-corrected chi connectivity index (χ2v) is 11.8. The van der Waals surface area contributed by atoms with Gasteiger partial charge in [0, 0.05) is 17.7 Å². The van der Waals surface area contributed by atoms with Crippen LogP contribution in [0.4, 0.5) is 0 Å². The van der Waals surface area contributed by atoms with Gasteiger partial charge in [0.1, 0.15) is 5.75 Å². The Morgan fingerprint density at radius 1 is 0.929 bits per heavy atom. The zero-order valence-electron chi connectivity index (χ0n) is 17.5. The molecule has 0 amide bonds. The molecule has 2 aromatic carbocycles. The van der Waals surface area contributed by atoms with Gasteiger partial charge < -0.3 is 9.16 Å². The van der Waals surface area contributed by atoms with E-state index in [0.29, 0.717) is 18.6 Å². The molecular weight excluding hydrogens is 364 g/mol. The second-order valence-electron chi connectivity index (χ2n) is 6.98. The summed E-state index contributed by atoms with van der Waals surface area (Å²) in [5.41, 5.74) is 2.49. The number of methoxy groups -OCH3 is 1. The van der Waals surface area contributed by atoms with Crippen LogP contribution in [-0.4, -0.2) is 27.8 Å². The number of benzene rings is 2. The number of carbonyl (C=O) groups is 1. The topological polar surface area (TPSA) is 35.5 Å². The molecule has 3 nitrogen and oxygen atoms in total. The van der Waals surface area contributed by atoms with Crippen molar-refractivity contribution in [2.24, 2.45) is 0 Å². The Morgan fingerprint density at radius 2 is 1.54 bits per heavy atom. The highest BCUT2D eigenvalue weighted by atomic mass is 28.4. The van der Waals surface area contributed by atoms with Crippen molar-refractivity contribution in [1.29, 1.82) is 0 Å². The smallest absolute Gasteiger partial charge is 0.191 e. The van der Waals surface area contributed by atoms with Crippen LogP contribution in [0.3, 0.4) is 0 Å². The average molecular weight is 397 g/mol. The van der Waals surface area contributed by atoms with E-state index in [4.69, 9.17) is 9.16 Å². The number of hydrogen-bond acceptors (Lipinski definition) is 3. The fourth-order valence-electron chi connectivity index (χ4n) is 3.36. The predicted molar refractivity (Wildman–Crippen MR) is 120 cm³/mol. The first-order chi connectivity index (χ1) is 13.6. The third-order valence-corrected chi connectivity index (χ3v) is 10.2. The molecule has 0 aromatic heterocycles. The van der Waals surface area contributed by atoms with Gasteiger partial charge in [-0.25, -0.2) is 0 Å². The first kappa shape index (κ1) is 22.1. The minimum absolute atomic E-state index is 0.0665. The van der Waals surface area contributed by atoms with Crippen molar-refractivity contribution in [1.82, 2.24) is 0 Å². The highest BCUT2D eigenvalue weighted by molar-refractivity contribution is 6.73. The van der Waals surface area contributed by atoms with Gasteiger partial charge in [-0.2, -0.15) is 0 Å². The summed E-state index contributed by atoms with van der Waals surface area (Å²) in [6.45, 7) is 7.27. The van der Waals surface area contributed by atoms with Crippen LogP contribution in [0.2, 0.25) is 18.1 Å². The van der Waals surface area contributed by atoms with Crippen LogP contribution < -0.4 is 4.74 Å². The summed E-state index contributed by atoms with van der Waals surface area (Å²) in [4.78, 5) is 13.1. The normalized spacial score (nSPS) is 12.1. The van der Waals surface area contributed by atoms with Gasteiger partial charge in [0.25, 0.3) is 0 Å². The lowest BCUT2D eigenvalue weighted by atomic mass is 9.99. The van der Waals surface area contributed by atoms with E-state index in [0.717, 1.165) is 35.0 Å². The van der Waals surface area contributed by atoms with Crippen molar-refractivity contribution in [3.8, 4) is 5.75 Å². The van der Waals surface area contributed by atoms with Gasteiger partial charge >= 0.3 is 0 Å². The molecule has 2 aromatic rings. The Bertz CT molecular complexity index is 754. The zero-order chi connectivity index (χ0) is 20.4. The van der Waals surface area contributed by atoms with Gasteiger partial charge in [0.2, 0.25) is 0 Å². The van der Waals surface area contributed by atoms with Gasteiger partial charge in [-0.1, -0.05) is 63.2 Å². The third kappa shape index (κ3) is 5.91. The molecule has 0 radical (unpaired) electrons. The van der Waals surface area contributed by atoms with E-state index in [9.17, 15) is 4.79 Å². The van der Waals surface area contributed by atoms with E-state index in [1.807, 2.05) is 60.7 Å². The number of ether oxygens (including phenoxy) is 1. The largest absolute Gasteiger partial charge is 0.497 e. The molecule has 0 unspecified atom stereocenters. The Labute approximate surface area is 170 Å². The van der Waals surface area contributed by atoms with E-state index in [2.05, 4.69) is 20.8 Å². The molecule has 0 atom stereocenters. The van der Waals surface area contributed by atoms with Gasteiger partial charge in [-0.05, 0) is 48.3 Å². The molecule has 28 heavy (non-hydrogen) atoms. The molecule has 0 aliphatic rings. The van der Waals surface area contributed by atoms with E-state index >= 15 is 0 Å². The Kier molecular flexibility index (Phi) is 8.67. The molecule has 0 aliphatic heterocycles. The molecule has 4 heteroatoms. The van der Waals surface area contributed by atoms with Crippen molar-refractivity contribution >= 4 is 20.2 Å². The Balaban J connectivity index is 2.23. The summed E-state index contributed by atoms with van der Waals surface area (Å²) in [6, 6.07) is 20.6. The van der Waals surface area contributed by atoms with Crippen LogP contribution in [-0.2, 0) is 4.43 Å². The molecule has 0 fully saturated rings. The maximum absolute atomic E-state index is 13.1. The molecule has 0 aliphatic carbocycles. The monoisotopic (exact) mass is 396 g/mol. The summed E-state index contributed by atoms with van der Waals surface area (Å²) in [5, 5.41) is 0. The number of hydrogen-bond donors (Lipinski definition) is 0. The summed E-state index contributed by atoms with van der Waals surface area (Å²) in [7, 11) is -0.00711. The minimum atomic E-state index is -1.66. The number of rotatable bonds is 11. The Morgan fingerprint density at radius 3 is 2.07 bits per heavy atom. The molecule has 0 heterocycles. The van der Waals surface area contributed by atoms with E-state index < -0.39 is 8.32 Å². The lowest BCUT2D eigenvalue weighted by molar-refractivity contribution is 0.102. The zero-order valence-corrected chi connectivity index (χ0v) is 18.5. The lowest BCUT2D eigenvalue weighted by Crippen LogP contribution is -2.36. The highest BCUT2D eigenvalue weighted by Crippen LogP contribution is 2.24. The van der Waals surface area contributed by atoms with Crippen LogP contribution in [0.15, 0.2) is 60.2 Å². The van der Waals surface area contributed by atoms with Gasteiger partial charge in [0.15, 0.2) is 14.1 Å². The number of carbonyl (C=O) groups excluding carboxylic acids is 1. The molecule has 0 saturated heterocycles. The Hall–Kier alpha value is -2.17. The molecule has 2 rings (SSSR count). The van der Waals surface area contributed by atoms with E-state index in [1.54, 1.807) is 7.11 Å². The summed E-state index contributed by atoms with van der Waals surface area (Å²) in [6.07, 6.45) is 2.60. The van der Waals surface area contributed by atoms with Gasteiger partial charge in [-0.3, -0.25) is 4.79 Å². The van der Waals surface area contributed by atoms with Gasteiger partial charge in [0.05, 0.1) is 7.11 Å². The molecule has 0 bridgehead atoms. The minimum Gasteiger partial charge on any atom is -0.497 e.